The Hall–Kier alpha value is -1.62. The molecule has 110 valence electrons. The fourth-order valence-corrected chi connectivity index (χ4v) is 2.73. The molecule has 20 heavy (non-hydrogen) atoms. The van der Waals surface area contributed by atoms with Crippen LogP contribution in [0.15, 0.2) is 24.3 Å². The second-order valence-corrected chi connectivity index (χ2v) is 6.00. The fraction of sp³-hybridized carbons (Fsp3) is 0.467. The highest BCUT2D eigenvalue weighted by molar-refractivity contribution is 7.11. The standard InChI is InChI=1S/C15H21NO3S/c1-3-4-7-13(15(18)19)16-14(17)8-5-6-12-10-9-11(2)20-12/h3-4,9-10,13H,5-8H2,1-2H3,(H,16,17)(H,18,19)/b4-3+. The molecule has 0 aliphatic carbocycles. The number of aryl methyl sites for hydroxylation is 2. The molecule has 4 nitrogen and oxygen atoms in total. The molecule has 1 heterocycles. The maximum Gasteiger partial charge on any atom is 0.326 e. The summed E-state index contributed by atoms with van der Waals surface area (Å²) in [5.41, 5.74) is 0. The van der Waals surface area contributed by atoms with E-state index in [1.165, 1.54) is 9.75 Å². The summed E-state index contributed by atoms with van der Waals surface area (Å²) in [6, 6.07) is 3.31. The first-order valence-electron chi connectivity index (χ1n) is 6.71. The Kier molecular flexibility index (Phi) is 7.01. The minimum Gasteiger partial charge on any atom is -0.480 e. The van der Waals surface area contributed by atoms with Crippen LogP contribution in [0.1, 0.15) is 35.9 Å². The van der Waals surface area contributed by atoms with Crippen LogP contribution >= 0.6 is 11.3 Å². The minimum atomic E-state index is -0.995. The molecule has 0 fully saturated rings. The van der Waals surface area contributed by atoms with Gasteiger partial charge in [0.2, 0.25) is 5.91 Å². The summed E-state index contributed by atoms with van der Waals surface area (Å²) in [5.74, 6) is -1.19. The predicted octanol–water partition coefficient (Wildman–Crippen LogP) is 2.91. The number of hydrogen-bond donors (Lipinski definition) is 2. The Balaban J connectivity index is 2.32. The summed E-state index contributed by atoms with van der Waals surface area (Å²) in [4.78, 5) is 25.2. The van der Waals surface area contributed by atoms with Crippen molar-refractivity contribution in [3.8, 4) is 0 Å². The summed E-state index contributed by atoms with van der Waals surface area (Å²) < 4.78 is 0. The zero-order valence-electron chi connectivity index (χ0n) is 11.9. The van der Waals surface area contributed by atoms with Gasteiger partial charge in [0.1, 0.15) is 6.04 Å². The van der Waals surface area contributed by atoms with Crippen LogP contribution in [0.4, 0.5) is 0 Å². The number of rotatable bonds is 8. The zero-order chi connectivity index (χ0) is 15.0. The first-order valence-corrected chi connectivity index (χ1v) is 7.53. The van der Waals surface area contributed by atoms with E-state index in [1.54, 1.807) is 23.5 Å². The van der Waals surface area contributed by atoms with E-state index in [-0.39, 0.29) is 5.91 Å². The number of carboxylic acid groups (broad SMARTS) is 1. The Bertz CT molecular complexity index is 479. The van der Waals surface area contributed by atoms with Gasteiger partial charge in [-0.2, -0.15) is 0 Å². The maximum absolute atomic E-state index is 11.7. The maximum atomic E-state index is 11.7. The number of hydrogen-bond acceptors (Lipinski definition) is 3. The van der Waals surface area contributed by atoms with Crippen LogP contribution in [-0.2, 0) is 16.0 Å². The normalized spacial score (nSPS) is 12.5. The molecule has 0 saturated carbocycles. The van der Waals surface area contributed by atoms with Crippen molar-refractivity contribution in [1.82, 2.24) is 5.32 Å². The van der Waals surface area contributed by atoms with Gasteiger partial charge in [-0.1, -0.05) is 12.2 Å². The van der Waals surface area contributed by atoms with Crippen molar-refractivity contribution < 1.29 is 14.7 Å². The van der Waals surface area contributed by atoms with Crippen molar-refractivity contribution in [2.75, 3.05) is 0 Å². The second-order valence-electron chi connectivity index (χ2n) is 4.63. The SMILES string of the molecule is C/C=C/CC(NC(=O)CCCc1ccc(C)s1)C(=O)O. The van der Waals surface area contributed by atoms with Crippen LogP contribution in [0, 0.1) is 6.92 Å². The minimum absolute atomic E-state index is 0.199. The van der Waals surface area contributed by atoms with Crippen molar-refractivity contribution in [2.24, 2.45) is 0 Å². The lowest BCUT2D eigenvalue weighted by molar-refractivity contribution is -0.141. The van der Waals surface area contributed by atoms with Gasteiger partial charge < -0.3 is 10.4 Å². The molecular formula is C15H21NO3S. The highest BCUT2D eigenvalue weighted by Gasteiger charge is 2.17. The van der Waals surface area contributed by atoms with Gasteiger partial charge in [-0.3, -0.25) is 4.79 Å². The third-order valence-corrected chi connectivity index (χ3v) is 3.92. The van der Waals surface area contributed by atoms with Crippen LogP contribution in [0.2, 0.25) is 0 Å². The van der Waals surface area contributed by atoms with Gasteiger partial charge in [0, 0.05) is 16.2 Å². The Morgan fingerprint density at radius 1 is 1.45 bits per heavy atom. The molecule has 1 aromatic rings. The van der Waals surface area contributed by atoms with E-state index in [1.807, 2.05) is 6.92 Å². The number of aliphatic carboxylic acids is 1. The third kappa shape index (κ3) is 6.02. The highest BCUT2D eigenvalue weighted by Crippen LogP contribution is 2.17. The fourth-order valence-electron chi connectivity index (χ4n) is 1.80. The van der Waals surface area contributed by atoms with Gasteiger partial charge in [0.25, 0.3) is 0 Å². The van der Waals surface area contributed by atoms with Gasteiger partial charge in [-0.05, 0) is 45.2 Å². The van der Waals surface area contributed by atoms with Gasteiger partial charge in [-0.15, -0.1) is 11.3 Å². The molecule has 1 aromatic heterocycles. The second kappa shape index (κ2) is 8.53. The molecule has 0 radical (unpaired) electrons. The monoisotopic (exact) mass is 295 g/mol. The van der Waals surface area contributed by atoms with E-state index >= 15 is 0 Å². The van der Waals surface area contributed by atoms with Crippen LogP contribution in [0.25, 0.3) is 0 Å². The summed E-state index contributed by atoms with van der Waals surface area (Å²) in [5, 5.41) is 11.6. The first kappa shape index (κ1) is 16.4. The van der Waals surface area contributed by atoms with Gasteiger partial charge in [-0.25, -0.2) is 4.79 Å². The van der Waals surface area contributed by atoms with E-state index < -0.39 is 12.0 Å². The average Bonchev–Trinajstić information content (AvgIpc) is 2.80. The molecule has 0 aliphatic heterocycles. The van der Waals surface area contributed by atoms with E-state index in [2.05, 4.69) is 24.4 Å². The number of thiophene rings is 1. The lowest BCUT2D eigenvalue weighted by Crippen LogP contribution is -2.40. The lowest BCUT2D eigenvalue weighted by atomic mass is 10.1. The summed E-state index contributed by atoms with van der Waals surface area (Å²) in [6.45, 7) is 3.88. The van der Waals surface area contributed by atoms with E-state index in [0.29, 0.717) is 12.8 Å². The molecule has 1 atom stereocenters. The van der Waals surface area contributed by atoms with Crippen molar-refractivity contribution in [2.45, 2.75) is 45.6 Å². The number of allylic oxidation sites excluding steroid dienone is 1. The molecule has 0 bridgehead atoms. The highest BCUT2D eigenvalue weighted by atomic mass is 32.1. The molecule has 0 aromatic carbocycles. The quantitative estimate of drug-likeness (QED) is 0.725. The predicted molar refractivity (Wildman–Crippen MR) is 81.0 cm³/mol. The van der Waals surface area contributed by atoms with E-state index in [9.17, 15) is 9.59 Å². The average molecular weight is 295 g/mol. The van der Waals surface area contributed by atoms with Crippen LogP contribution in [0.3, 0.4) is 0 Å². The van der Waals surface area contributed by atoms with Crippen LogP contribution < -0.4 is 5.32 Å². The molecule has 5 heteroatoms. The number of nitrogens with one attached hydrogen (secondary N) is 1. The van der Waals surface area contributed by atoms with Crippen molar-refractivity contribution >= 4 is 23.2 Å². The van der Waals surface area contributed by atoms with Crippen molar-refractivity contribution in [3.05, 3.63) is 34.0 Å². The molecule has 0 saturated heterocycles. The Labute approximate surface area is 123 Å². The van der Waals surface area contributed by atoms with Gasteiger partial charge >= 0.3 is 5.97 Å². The van der Waals surface area contributed by atoms with Crippen molar-refractivity contribution in [3.63, 3.8) is 0 Å². The Morgan fingerprint density at radius 2 is 2.20 bits per heavy atom. The van der Waals surface area contributed by atoms with Crippen LogP contribution in [-0.4, -0.2) is 23.0 Å². The smallest absolute Gasteiger partial charge is 0.326 e. The van der Waals surface area contributed by atoms with Gasteiger partial charge in [0.05, 0.1) is 0 Å². The lowest BCUT2D eigenvalue weighted by Gasteiger charge is -2.12. The van der Waals surface area contributed by atoms with Gasteiger partial charge in [0.15, 0.2) is 0 Å². The Morgan fingerprint density at radius 3 is 2.75 bits per heavy atom. The molecule has 1 unspecified atom stereocenters. The molecular weight excluding hydrogens is 274 g/mol. The summed E-state index contributed by atoms with van der Waals surface area (Å²) >= 11 is 1.73. The van der Waals surface area contributed by atoms with E-state index in [4.69, 9.17) is 5.11 Å². The number of carboxylic acids is 1. The largest absolute Gasteiger partial charge is 0.480 e. The third-order valence-electron chi connectivity index (χ3n) is 2.86. The summed E-state index contributed by atoms with van der Waals surface area (Å²) in [7, 11) is 0. The number of amides is 1. The number of carbonyl (C=O) groups excluding carboxylic acids is 1. The van der Waals surface area contributed by atoms with E-state index in [0.717, 1.165) is 12.8 Å². The molecule has 0 spiro atoms. The molecule has 0 aliphatic rings. The van der Waals surface area contributed by atoms with Crippen LogP contribution in [0.5, 0.6) is 0 Å². The zero-order valence-corrected chi connectivity index (χ0v) is 12.7. The summed E-state index contributed by atoms with van der Waals surface area (Å²) in [6.07, 6.45) is 5.80. The van der Waals surface area contributed by atoms with Crippen molar-refractivity contribution in [1.29, 1.82) is 0 Å². The first-order chi connectivity index (χ1) is 9.52. The molecule has 1 rings (SSSR count). The molecule has 2 N–H and O–H groups in total. The molecule has 1 amide bonds. The number of carbonyl (C=O) groups is 2. The topological polar surface area (TPSA) is 66.4 Å².